The van der Waals surface area contributed by atoms with E-state index in [1.54, 1.807) is 11.8 Å². The molecule has 2 aliphatic heterocycles. The van der Waals surface area contributed by atoms with Gasteiger partial charge in [0.1, 0.15) is 5.41 Å². The molecule has 0 bridgehead atoms. The SMILES string of the molecule is O=C(O)C1(CC2CSc3ccccc32)COCCC1=O. The molecule has 20 heavy (non-hydrogen) atoms. The zero-order chi connectivity index (χ0) is 14.2. The number of carbonyl (C=O) groups excluding carboxylic acids is 1. The molecule has 1 fully saturated rings. The van der Waals surface area contributed by atoms with Gasteiger partial charge in [-0.3, -0.25) is 9.59 Å². The molecule has 0 spiro atoms. The number of hydrogen-bond donors (Lipinski definition) is 1. The molecule has 4 nitrogen and oxygen atoms in total. The Labute approximate surface area is 121 Å². The van der Waals surface area contributed by atoms with E-state index >= 15 is 0 Å². The van der Waals surface area contributed by atoms with Gasteiger partial charge in [-0.1, -0.05) is 18.2 Å². The van der Waals surface area contributed by atoms with Crippen LogP contribution in [0.4, 0.5) is 0 Å². The fourth-order valence-corrected chi connectivity index (χ4v) is 4.25. The summed E-state index contributed by atoms with van der Waals surface area (Å²) in [6.07, 6.45) is 0.541. The third-order valence-electron chi connectivity index (χ3n) is 4.16. The highest BCUT2D eigenvalue weighted by molar-refractivity contribution is 7.99. The topological polar surface area (TPSA) is 63.6 Å². The first-order chi connectivity index (χ1) is 9.63. The first kappa shape index (κ1) is 13.6. The number of benzene rings is 1. The predicted molar refractivity (Wildman–Crippen MR) is 75.0 cm³/mol. The molecule has 0 aromatic heterocycles. The fraction of sp³-hybridized carbons (Fsp3) is 0.467. The van der Waals surface area contributed by atoms with Crippen LogP contribution in [0, 0.1) is 5.41 Å². The van der Waals surface area contributed by atoms with Gasteiger partial charge in [-0.25, -0.2) is 0 Å². The average Bonchev–Trinajstić information content (AvgIpc) is 2.84. The summed E-state index contributed by atoms with van der Waals surface area (Å²) < 4.78 is 5.31. The number of carboxylic acids is 1. The number of fused-ring (bicyclic) bond motifs is 1. The van der Waals surface area contributed by atoms with E-state index in [-0.39, 0.29) is 24.7 Å². The van der Waals surface area contributed by atoms with E-state index in [1.165, 1.54) is 4.90 Å². The van der Waals surface area contributed by atoms with Crippen molar-refractivity contribution in [3.8, 4) is 0 Å². The molecular weight excluding hydrogens is 276 g/mol. The largest absolute Gasteiger partial charge is 0.480 e. The third-order valence-corrected chi connectivity index (χ3v) is 5.41. The van der Waals surface area contributed by atoms with Crippen LogP contribution in [0.1, 0.15) is 24.3 Å². The molecule has 2 atom stereocenters. The summed E-state index contributed by atoms with van der Waals surface area (Å²) in [7, 11) is 0. The van der Waals surface area contributed by atoms with Crippen molar-refractivity contribution in [1.29, 1.82) is 0 Å². The lowest BCUT2D eigenvalue weighted by Gasteiger charge is -2.33. The summed E-state index contributed by atoms with van der Waals surface area (Å²) in [5.41, 5.74) is -0.197. The van der Waals surface area contributed by atoms with Crippen LogP contribution in [0.5, 0.6) is 0 Å². The minimum Gasteiger partial charge on any atom is -0.480 e. The minimum atomic E-state index is -1.36. The van der Waals surface area contributed by atoms with E-state index in [0.717, 1.165) is 11.3 Å². The van der Waals surface area contributed by atoms with Gasteiger partial charge in [0.15, 0.2) is 5.78 Å². The van der Waals surface area contributed by atoms with E-state index in [9.17, 15) is 14.7 Å². The Bertz CT molecular complexity index is 557. The summed E-state index contributed by atoms with van der Waals surface area (Å²) in [5.74, 6) is -0.290. The third kappa shape index (κ3) is 2.15. The Morgan fingerprint density at radius 3 is 3.00 bits per heavy atom. The quantitative estimate of drug-likeness (QED) is 0.866. The summed E-state index contributed by atoms with van der Waals surface area (Å²) in [5, 5.41) is 9.56. The van der Waals surface area contributed by atoms with Gasteiger partial charge in [-0.15, -0.1) is 11.8 Å². The highest BCUT2D eigenvalue weighted by atomic mass is 32.2. The Kier molecular flexibility index (Phi) is 3.56. The highest BCUT2D eigenvalue weighted by Crippen LogP contribution is 2.46. The molecule has 5 heteroatoms. The van der Waals surface area contributed by atoms with Gasteiger partial charge in [0.05, 0.1) is 13.2 Å². The normalized spacial score (nSPS) is 29.2. The molecule has 2 heterocycles. The van der Waals surface area contributed by atoms with Crippen LogP contribution in [0.2, 0.25) is 0 Å². The first-order valence-electron chi connectivity index (χ1n) is 6.70. The maximum absolute atomic E-state index is 12.2. The molecule has 0 amide bonds. The van der Waals surface area contributed by atoms with E-state index in [4.69, 9.17) is 4.74 Å². The second kappa shape index (κ2) is 5.22. The van der Waals surface area contributed by atoms with Gasteiger partial charge in [-0.2, -0.15) is 0 Å². The number of carbonyl (C=O) groups is 2. The van der Waals surface area contributed by atoms with E-state index < -0.39 is 11.4 Å². The van der Waals surface area contributed by atoms with Crippen LogP contribution >= 0.6 is 11.8 Å². The smallest absolute Gasteiger partial charge is 0.319 e. The van der Waals surface area contributed by atoms with Crippen molar-refractivity contribution < 1.29 is 19.4 Å². The second-order valence-corrected chi connectivity index (χ2v) is 6.42. The fourth-order valence-electron chi connectivity index (χ4n) is 2.99. The summed E-state index contributed by atoms with van der Waals surface area (Å²) in [6, 6.07) is 8.02. The lowest BCUT2D eigenvalue weighted by Crippen LogP contribution is -2.48. The lowest BCUT2D eigenvalue weighted by molar-refractivity contribution is -0.165. The van der Waals surface area contributed by atoms with Gasteiger partial charge < -0.3 is 9.84 Å². The molecule has 1 saturated heterocycles. The number of aliphatic carboxylic acids is 1. The van der Waals surface area contributed by atoms with E-state index in [1.807, 2.05) is 24.3 Å². The number of ketones is 1. The zero-order valence-corrected chi connectivity index (χ0v) is 11.8. The molecule has 1 aromatic rings. The van der Waals surface area contributed by atoms with Crippen molar-refractivity contribution in [3.05, 3.63) is 29.8 Å². The van der Waals surface area contributed by atoms with Crippen molar-refractivity contribution in [1.82, 2.24) is 0 Å². The zero-order valence-electron chi connectivity index (χ0n) is 11.0. The number of hydrogen-bond acceptors (Lipinski definition) is 4. The van der Waals surface area contributed by atoms with Crippen LogP contribution in [0.3, 0.4) is 0 Å². The highest BCUT2D eigenvalue weighted by Gasteiger charge is 2.50. The molecule has 106 valence electrons. The van der Waals surface area contributed by atoms with Crippen molar-refractivity contribution >= 4 is 23.5 Å². The first-order valence-corrected chi connectivity index (χ1v) is 7.68. The standard InChI is InChI=1S/C15H16O4S/c16-13-5-6-19-9-15(13,14(17)18)7-10-8-20-12-4-2-1-3-11(10)12/h1-4,10H,5-9H2,(H,17,18). The number of thioether (sulfide) groups is 1. The van der Waals surface area contributed by atoms with Gasteiger partial charge >= 0.3 is 5.97 Å². The maximum Gasteiger partial charge on any atom is 0.319 e. The molecule has 1 N–H and O–H groups in total. The van der Waals surface area contributed by atoms with Gasteiger partial charge in [0, 0.05) is 17.1 Å². The Hall–Kier alpha value is -1.33. The second-order valence-electron chi connectivity index (χ2n) is 5.36. The van der Waals surface area contributed by atoms with Crippen LogP contribution < -0.4 is 0 Å². The van der Waals surface area contributed by atoms with Crippen molar-refractivity contribution in [2.24, 2.45) is 5.41 Å². The Morgan fingerprint density at radius 2 is 2.25 bits per heavy atom. The monoisotopic (exact) mass is 292 g/mol. The number of Topliss-reactive ketones (excluding diaryl/α,β-unsaturated/α-hetero) is 1. The maximum atomic E-state index is 12.2. The lowest BCUT2D eigenvalue weighted by atomic mass is 9.73. The van der Waals surface area contributed by atoms with Crippen molar-refractivity contribution in [2.45, 2.75) is 23.7 Å². The molecule has 1 aromatic carbocycles. The molecule has 2 aliphatic rings. The van der Waals surface area contributed by atoms with Crippen molar-refractivity contribution in [2.75, 3.05) is 19.0 Å². The van der Waals surface area contributed by atoms with Gasteiger partial charge in [0.2, 0.25) is 0 Å². The Morgan fingerprint density at radius 1 is 1.45 bits per heavy atom. The van der Waals surface area contributed by atoms with E-state index in [2.05, 4.69) is 0 Å². The molecule has 3 rings (SSSR count). The molecular formula is C15H16O4S. The van der Waals surface area contributed by atoms with Crippen LogP contribution in [-0.4, -0.2) is 35.8 Å². The molecule has 2 unspecified atom stereocenters. The Balaban J connectivity index is 1.89. The van der Waals surface area contributed by atoms with Crippen molar-refractivity contribution in [3.63, 3.8) is 0 Å². The summed E-state index contributed by atoms with van der Waals surface area (Å²) in [6.45, 7) is 0.342. The van der Waals surface area contributed by atoms with Gasteiger partial charge in [0.25, 0.3) is 0 Å². The average molecular weight is 292 g/mol. The van der Waals surface area contributed by atoms with Crippen LogP contribution in [-0.2, 0) is 14.3 Å². The van der Waals surface area contributed by atoms with Crippen LogP contribution in [0.15, 0.2) is 29.2 Å². The summed E-state index contributed by atoms with van der Waals surface area (Å²) in [4.78, 5) is 25.1. The number of ether oxygens (including phenoxy) is 1. The number of carboxylic acid groups (broad SMARTS) is 1. The van der Waals surface area contributed by atoms with Crippen LogP contribution in [0.25, 0.3) is 0 Å². The molecule has 0 radical (unpaired) electrons. The minimum absolute atomic E-state index is 0.00446. The van der Waals surface area contributed by atoms with E-state index in [0.29, 0.717) is 13.0 Å². The molecule has 0 saturated carbocycles. The summed E-state index contributed by atoms with van der Waals surface area (Å²) >= 11 is 1.73. The van der Waals surface area contributed by atoms with Gasteiger partial charge in [-0.05, 0) is 24.0 Å². The predicted octanol–water partition coefficient (Wildman–Crippen LogP) is 2.33. The number of rotatable bonds is 3. The molecule has 0 aliphatic carbocycles.